The summed E-state index contributed by atoms with van der Waals surface area (Å²) in [5.41, 5.74) is 2.66. The number of hydrogen-bond donors (Lipinski definition) is 0. The van der Waals surface area contributed by atoms with Crippen molar-refractivity contribution in [1.82, 2.24) is 14.8 Å². The molecule has 6 heteroatoms. The van der Waals surface area contributed by atoms with Crippen LogP contribution in [-0.2, 0) is 7.05 Å². The van der Waals surface area contributed by atoms with Crippen molar-refractivity contribution < 1.29 is 4.39 Å². The van der Waals surface area contributed by atoms with Gasteiger partial charge in [0.05, 0.1) is 5.02 Å². The van der Waals surface area contributed by atoms with E-state index in [0.29, 0.717) is 26.8 Å². The number of fused-ring (bicyclic) bond motifs is 1. The molecule has 2 aromatic heterocycles. The van der Waals surface area contributed by atoms with Gasteiger partial charge >= 0.3 is 0 Å². The van der Waals surface area contributed by atoms with Crippen LogP contribution in [0.3, 0.4) is 0 Å². The third-order valence-corrected chi connectivity index (χ3v) is 4.13. The van der Waals surface area contributed by atoms with Crippen LogP contribution >= 0.6 is 23.2 Å². The van der Waals surface area contributed by atoms with Crippen molar-refractivity contribution in [2.24, 2.45) is 7.05 Å². The Bertz CT molecular complexity index is 871. The molecule has 0 aliphatic rings. The quantitative estimate of drug-likeness (QED) is 0.601. The van der Waals surface area contributed by atoms with Gasteiger partial charge in [0.1, 0.15) is 10.7 Å². The first kappa shape index (κ1) is 15.3. The molecule has 0 aliphatic heterocycles. The normalized spacial score (nSPS) is 11.6. The predicted octanol–water partition coefficient (Wildman–Crippen LogP) is 5.20. The Balaban J connectivity index is 2.32. The molecule has 2 heterocycles. The van der Waals surface area contributed by atoms with Crippen LogP contribution in [0.2, 0.25) is 10.2 Å². The van der Waals surface area contributed by atoms with Crippen molar-refractivity contribution in [3.63, 3.8) is 0 Å². The molecule has 0 saturated carbocycles. The van der Waals surface area contributed by atoms with E-state index in [1.165, 1.54) is 12.3 Å². The van der Waals surface area contributed by atoms with Gasteiger partial charge in [0.2, 0.25) is 0 Å². The molecule has 0 bridgehead atoms. The first-order chi connectivity index (χ1) is 10.4. The molecule has 3 nitrogen and oxygen atoms in total. The second-order valence-corrected chi connectivity index (χ2v) is 6.30. The smallest absolute Gasteiger partial charge is 0.151 e. The zero-order valence-corrected chi connectivity index (χ0v) is 13.9. The third kappa shape index (κ3) is 2.46. The highest BCUT2D eigenvalue weighted by Crippen LogP contribution is 2.35. The molecule has 0 radical (unpaired) electrons. The molecule has 0 amide bonds. The molecule has 3 rings (SSSR count). The van der Waals surface area contributed by atoms with Crippen LogP contribution in [0.1, 0.15) is 25.5 Å². The molecule has 0 fully saturated rings. The van der Waals surface area contributed by atoms with Gasteiger partial charge < -0.3 is 0 Å². The summed E-state index contributed by atoms with van der Waals surface area (Å²) in [6, 6.07) is 4.96. The van der Waals surface area contributed by atoms with Gasteiger partial charge in [0.15, 0.2) is 5.82 Å². The van der Waals surface area contributed by atoms with E-state index >= 15 is 0 Å². The molecule has 0 spiro atoms. The SMILES string of the molecule is CC(C)c1c2cc(-c3cc(Cl)ncc3Cl)cc(F)c2nn1C. The van der Waals surface area contributed by atoms with E-state index in [1.54, 1.807) is 10.7 Å². The molecule has 1 aromatic carbocycles. The largest absolute Gasteiger partial charge is 0.271 e. The Morgan fingerprint density at radius 1 is 1.18 bits per heavy atom. The summed E-state index contributed by atoms with van der Waals surface area (Å²) in [5.74, 6) is -0.153. The average Bonchev–Trinajstić information content (AvgIpc) is 2.78. The van der Waals surface area contributed by atoms with Gasteiger partial charge in [-0.2, -0.15) is 5.10 Å². The minimum Gasteiger partial charge on any atom is -0.271 e. The number of aryl methyl sites for hydroxylation is 1. The molecule has 0 aliphatic carbocycles. The summed E-state index contributed by atoms with van der Waals surface area (Å²) in [4.78, 5) is 3.92. The van der Waals surface area contributed by atoms with Gasteiger partial charge in [-0.25, -0.2) is 9.37 Å². The van der Waals surface area contributed by atoms with Gasteiger partial charge in [-0.3, -0.25) is 4.68 Å². The van der Waals surface area contributed by atoms with Crippen LogP contribution in [-0.4, -0.2) is 14.8 Å². The lowest BCUT2D eigenvalue weighted by Crippen LogP contribution is -1.99. The summed E-state index contributed by atoms with van der Waals surface area (Å²) in [6.45, 7) is 4.11. The predicted molar refractivity (Wildman–Crippen MR) is 88.0 cm³/mol. The highest BCUT2D eigenvalue weighted by Gasteiger charge is 2.18. The van der Waals surface area contributed by atoms with E-state index in [4.69, 9.17) is 23.2 Å². The van der Waals surface area contributed by atoms with Gasteiger partial charge in [-0.15, -0.1) is 0 Å². The van der Waals surface area contributed by atoms with Crippen LogP contribution in [0.4, 0.5) is 4.39 Å². The number of benzene rings is 1. The number of hydrogen-bond acceptors (Lipinski definition) is 2. The standard InChI is InChI=1S/C16H14Cl2FN3/c1-8(2)16-11-4-9(5-13(19)15(11)21-22(16)3)10-6-14(18)20-7-12(10)17/h4-8H,1-3H3. The number of rotatable bonds is 2. The van der Waals surface area contributed by atoms with Crippen molar-refractivity contribution >= 4 is 34.1 Å². The van der Waals surface area contributed by atoms with Crippen molar-refractivity contribution in [2.75, 3.05) is 0 Å². The Hall–Kier alpha value is -1.65. The van der Waals surface area contributed by atoms with Crippen molar-refractivity contribution in [3.05, 3.63) is 46.1 Å². The number of pyridine rings is 1. The average molecular weight is 338 g/mol. The maximum absolute atomic E-state index is 14.5. The van der Waals surface area contributed by atoms with E-state index in [1.807, 2.05) is 13.1 Å². The van der Waals surface area contributed by atoms with Crippen molar-refractivity contribution in [2.45, 2.75) is 19.8 Å². The minimum absolute atomic E-state index is 0.223. The molecule has 3 aromatic rings. The van der Waals surface area contributed by atoms with Gasteiger partial charge in [-0.05, 0) is 29.7 Å². The molecular weight excluding hydrogens is 324 g/mol. The second kappa shape index (κ2) is 5.52. The molecule has 0 atom stereocenters. The Morgan fingerprint density at radius 2 is 1.91 bits per heavy atom. The first-order valence-electron chi connectivity index (χ1n) is 6.86. The van der Waals surface area contributed by atoms with E-state index in [0.717, 1.165) is 11.1 Å². The summed E-state index contributed by atoms with van der Waals surface area (Å²) in [5, 5.41) is 5.81. The molecular formula is C16H14Cl2FN3. The molecule has 22 heavy (non-hydrogen) atoms. The number of nitrogens with zero attached hydrogens (tertiary/aromatic N) is 3. The van der Waals surface area contributed by atoms with Crippen LogP contribution in [0, 0.1) is 5.82 Å². The van der Waals surface area contributed by atoms with Crippen LogP contribution in [0.15, 0.2) is 24.4 Å². The maximum Gasteiger partial charge on any atom is 0.151 e. The highest BCUT2D eigenvalue weighted by molar-refractivity contribution is 6.34. The van der Waals surface area contributed by atoms with Crippen LogP contribution in [0.5, 0.6) is 0 Å². The van der Waals surface area contributed by atoms with E-state index in [2.05, 4.69) is 23.9 Å². The van der Waals surface area contributed by atoms with Gasteiger partial charge in [0, 0.05) is 29.9 Å². The Labute approximate surface area is 137 Å². The zero-order chi connectivity index (χ0) is 16.0. The molecule has 0 N–H and O–H groups in total. The number of halogens is 3. The molecule has 114 valence electrons. The van der Waals surface area contributed by atoms with E-state index in [9.17, 15) is 4.39 Å². The fourth-order valence-corrected chi connectivity index (χ4v) is 3.12. The van der Waals surface area contributed by atoms with E-state index < -0.39 is 0 Å². The summed E-state index contributed by atoms with van der Waals surface area (Å²) >= 11 is 12.1. The van der Waals surface area contributed by atoms with Crippen LogP contribution in [0.25, 0.3) is 22.0 Å². The van der Waals surface area contributed by atoms with Crippen molar-refractivity contribution in [1.29, 1.82) is 0 Å². The zero-order valence-electron chi connectivity index (χ0n) is 12.4. The van der Waals surface area contributed by atoms with Crippen LogP contribution < -0.4 is 0 Å². The van der Waals surface area contributed by atoms with Crippen molar-refractivity contribution in [3.8, 4) is 11.1 Å². The topological polar surface area (TPSA) is 30.7 Å². The Kier molecular flexibility index (Phi) is 3.83. The summed E-state index contributed by atoms with van der Waals surface area (Å²) in [6.07, 6.45) is 1.47. The molecule has 0 unspecified atom stereocenters. The lowest BCUT2D eigenvalue weighted by atomic mass is 10.0. The Morgan fingerprint density at radius 3 is 2.59 bits per heavy atom. The fraction of sp³-hybridized carbons (Fsp3) is 0.250. The lowest BCUT2D eigenvalue weighted by Gasteiger charge is -2.08. The van der Waals surface area contributed by atoms with Gasteiger partial charge in [0.25, 0.3) is 0 Å². The first-order valence-corrected chi connectivity index (χ1v) is 7.61. The summed E-state index contributed by atoms with van der Waals surface area (Å²) in [7, 11) is 1.82. The number of aromatic nitrogens is 3. The second-order valence-electron chi connectivity index (χ2n) is 5.50. The minimum atomic E-state index is -0.376. The summed E-state index contributed by atoms with van der Waals surface area (Å²) < 4.78 is 16.2. The fourth-order valence-electron chi connectivity index (χ4n) is 2.75. The third-order valence-electron chi connectivity index (χ3n) is 3.62. The lowest BCUT2D eigenvalue weighted by molar-refractivity contribution is 0.629. The van der Waals surface area contributed by atoms with Gasteiger partial charge in [-0.1, -0.05) is 37.0 Å². The monoisotopic (exact) mass is 337 g/mol. The van der Waals surface area contributed by atoms with E-state index in [-0.39, 0.29) is 11.7 Å². The highest BCUT2D eigenvalue weighted by atomic mass is 35.5. The molecule has 0 saturated heterocycles. The maximum atomic E-state index is 14.5.